The van der Waals surface area contributed by atoms with Gasteiger partial charge in [-0.2, -0.15) is 0 Å². The van der Waals surface area contributed by atoms with Gasteiger partial charge in [0.2, 0.25) is 0 Å². The van der Waals surface area contributed by atoms with E-state index in [0.717, 1.165) is 6.42 Å². The number of rotatable bonds is 6. The second-order valence-corrected chi connectivity index (χ2v) is 5.83. The molecule has 0 N–H and O–H groups in total. The highest BCUT2D eigenvalue weighted by molar-refractivity contribution is 7.15. The molecular weight excluding hydrogens is 238 g/mol. The summed E-state index contributed by atoms with van der Waals surface area (Å²) in [5.74, 6) is 0. The summed E-state index contributed by atoms with van der Waals surface area (Å²) in [6.45, 7) is 4.44. The van der Waals surface area contributed by atoms with Crippen molar-refractivity contribution in [2.75, 3.05) is 0 Å². The molecule has 2 heteroatoms. The minimum absolute atomic E-state index is 1.10. The Morgan fingerprint density at radius 3 is 2.56 bits per heavy atom. The number of hydrogen-bond donors (Lipinski definition) is 0. The molecule has 0 bridgehead atoms. The summed E-state index contributed by atoms with van der Waals surface area (Å²) in [5.41, 5.74) is 2.47. The quantitative estimate of drug-likeness (QED) is 0.703. The van der Waals surface area contributed by atoms with Crippen molar-refractivity contribution < 1.29 is 0 Å². The predicted octanol–water partition coefficient (Wildman–Crippen LogP) is 5.11. The highest BCUT2D eigenvalue weighted by Crippen LogP contribution is 2.28. The van der Waals surface area contributed by atoms with Crippen LogP contribution in [0.2, 0.25) is 0 Å². The van der Waals surface area contributed by atoms with Crippen molar-refractivity contribution >= 4 is 11.3 Å². The monoisotopic (exact) mass is 259 g/mol. The van der Waals surface area contributed by atoms with Crippen LogP contribution in [0.1, 0.15) is 43.7 Å². The molecule has 0 aromatic carbocycles. The van der Waals surface area contributed by atoms with E-state index in [-0.39, 0.29) is 0 Å². The Hall–Kier alpha value is -1.15. The van der Waals surface area contributed by atoms with Gasteiger partial charge < -0.3 is 0 Å². The minimum Gasteiger partial charge on any atom is -0.261 e. The van der Waals surface area contributed by atoms with E-state index >= 15 is 0 Å². The Balaban J connectivity index is 2.07. The lowest BCUT2D eigenvalue weighted by Gasteiger charge is -2.01. The molecule has 0 aliphatic heterocycles. The number of aromatic nitrogens is 1. The number of aryl methyl sites for hydroxylation is 2. The van der Waals surface area contributed by atoms with Gasteiger partial charge in [-0.3, -0.25) is 4.98 Å². The normalized spacial score (nSPS) is 10.8. The summed E-state index contributed by atoms with van der Waals surface area (Å²) in [4.78, 5) is 7.37. The fraction of sp³-hybridized carbons (Fsp3) is 0.438. The smallest absolute Gasteiger partial charge is 0.0404 e. The SMILES string of the molecule is CCCCc1ccc(-c2ccc(CCC)s2)cn1. The van der Waals surface area contributed by atoms with Crippen LogP contribution in [0.4, 0.5) is 0 Å². The van der Waals surface area contributed by atoms with Crippen LogP contribution in [0.15, 0.2) is 30.5 Å². The zero-order chi connectivity index (χ0) is 12.8. The topological polar surface area (TPSA) is 12.9 Å². The molecule has 0 saturated heterocycles. The van der Waals surface area contributed by atoms with E-state index in [9.17, 15) is 0 Å². The molecule has 0 radical (unpaired) electrons. The molecule has 2 heterocycles. The van der Waals surface area contributed by atoms with Crippen LogP contribution in [0.5, 0.6) is 0 Å². The first-order chi connectivity index (χ1) is 8.83. The van der Waals surface area contributed by atoms with Crippen LogP contribution >= 0.6 is 11.3 Å². The van der Waals surface area contributed by atoms with Crippen molar-refractivity contribution in [3.63, 3.8) is 0 Å². The van der Waals surface area contributed by atoms with Gasteiger partial charge in [-0.25, -0.2) is 0 Å². The highest BCUT2D eigenvalue weighted by Gasteiger charge is 2.03. The molecule has 0 unspecified atom stereocenters. The Morgan fingerprint density at radius 1 is 1.00 bits per heavy atom. The third kappa shape index (κ3) is 3.42. The minimum atomic E-state index is 1.10. The molecule has 2 aromatic heterocycles. The number of unbranched alkanes of at least 4 members (excludes halogenated alkanes) is 1. The second kappa shape index (κ2) is 6.69. The van der Waals surface area contributed by atoms with E-state index in [1.165, 1.54) is 46.7 Å². The second-order valence-electron chi connectivity index (χ2n) is 4.66. The standard InChI is InChI=1S/C16H21NS/c1-3-5-7-14-9-8-13(12-17-14)16-11-10-15(18-16)6-4-2/h8-12H,3-7H2,1-2H3. The van der Waals surface area contributed by atoms with Crippen molar-refractivity contribution in [3.8, 4) is 10.4 Å². The van der Waals surface area contributed by atoms with Crippen LogP contribution in [0, 0.1) is 0 Å². The molecule has 2 aromatic rings. The summed E-state index contributed by atoms with van der Waals surface area (Å²) < 4.78 is 0. The highest BCUT2D eigenvalue weighted by atomic mass is 32.1. The Morgan fingerprint density at radius 2 is 1.89 bits per heavy atom. The number of thiophene rings is 1. The van der Waals surface area contributed by atoms with E-state index < -0.39 is 0 Å². The van der Waals surface area contributed by atoms with Crippen LogP contribution in [-0.4, -0.2) is 4.98 Å². The fourth-order valence-electron chi connectivity index (χ4n) is 1.99. The first kappa shape index (κ1) is 13.3. The molecule has 0 saturated carbocycles. The van der Waals surface area contributed by atoms with E-state index in [1.54, 1.807) is 0 Å². The van der Waals surface area contributed by atoms with Gasteiger partial charge in [0.15, 0.2) is 0 Å². The maximum absolute atomic E-state index is 4.55. The Bertz CT molecular complexity index is 470. The van der Waals surface area contributed by atoms with Crippen LogP contribution in [0.3, 0.4) is 0 Å². The molecule has 96 valence electrons. The molecule has 0 aliphatic carbocycles. The predicted molar refractivity (Wildman–Crippen MR) is 80.2 cm³/mol. The summed E-state index contributed by atoms with van der Waals surface area (Å²) in [6.07, 6.45) is 7.98. The largest absolute Gasteiger partial charge is 0.261 e. The lowest BCUT2D eigenvalue weighted by atomic mass is 10.1. The summed E-state index contributed by atoms with van der Waals surface area (Å²) in [6, 6.07) is 8.84. The average molecular weight is 259 g/mol. The average Bonchev–Trinajstić information content (AvgIpc) is 2.86. The van der Waals surface area contributed by atoms with E-state index in [4.69, 9.17) is 0 Å². The van der Waals surface area contributed by atoms with Crippen LogP contribution in [0.25, 0.3) is 10.4 Å². The molecule has 0 spiro atoms. The molecular formula is C16H21NS. The fourth-order valence-corrected chi connectivity index (χ4v) is 3.09. The molecule has 0 aliphatic rings. The molecule has 18 heavy (non-hydrogen) atoms. The zero-order valence-corrected chi connectivity index (χ0v) is 12.1. The maximum atomic E-state index is 4.55. The van der Waals surface area contributed by atoms with E-state index in [0.29, 0.717) is 0 Å². The Labute approximate surface area is 114 Å². The first-order valence-electron chi connectivity index (χ1n) is 6.87. The summed E-state index contributed by atoms with van der Waals surface area (Å²) in [7, 11) is 0. The third-order valence-corrected chi connectivity index (χ3v) is 4.25. The number of pyridine rings is 1. The lowest BCUT2D eigenvalue weighted by molar-refractivity contribution is 0.777. The van der Waals surface area contributed by atoms with Crippen molar-refractivity contribution in [1.29, 1.82) is 0 Å². The van der Waals surface area contributed by atoms with E-state index in [1.807, 2.05) is 17.5 Å². The number of hydrogen-bond acceptors (Lipinski definition) is 2. The van der Waals surface area contributed by atoms with Gasteiger partial charge in [-0.15, -0.1) is 11.3 Å². The lowest BCUT2D eigenvalue weighted by Crippen LogP contribution is -1.89. The molecule has 1 nitrogen and oxygen atoms in total. The van der Waals surface area contributed by atoms with Gasteiger partial charge in [0.1, 0.15) is 0 Å². The molecule has 0 atom stereocenters. The Kier molecular flexibility index (Phi) is 4.94. The van der Waals surface area contributed by atoms with Crippen LogP contribution in [-0.2, 0) is 12.8 Å². The van der Waals surface area contributed by atoms with Crippen molar-refractivity contribution in [1.82, 2.24) is 4.98 Å². The van der Waals surface area contributed by atoms with Gasteiger partial charge >= 0.3 is 0 Å². The van der Waals surface area contributed by atoms with Gasteiger partial charge in [0.05, 0.1) is 0 Å². The van der Waals surface area contributed by atoms with Gasteiger partial charge in [-0.05, 0) is 37.5 Å². The van der Waals surface area contributed by atoms with Gasteiger partial charge in [-0.1, -0.05) is 32.8 Å². The van der Waals surface area contributed by atoms with Gasteiger partial charge in [0.25, 0.3) is 0 Å². The van der Waals surface area contributed by atoms with Gasteiger partial charge in [0, 0.05) is 27.2 Å². The van der Waals surface area contributed by atoms with Crippen molar-refractivity contribution in [2.45, 2.75) is 46.0 Å². The molecule has 0 fully saturated rings. The zero-order valence-electron chi connectivity index (χ0n) is 11.3. The summed E-state index contributed by atoms with van der Waals surface area (Å²) >= 11 is 1.89. The molecule has 0 amide bonds. The van der Waals surface area contributed by atoms with E-state index in [2.05, 4.69) is 43.1 Å². The third-order valence-electron chi connectivity index (χ3n) is 3.05. The first-order valence-corrected chi connectivity index (χ1v) is 7.69. The molecule has 2 rings (SSSR count). The number of nitrogens with zero attached hydrogens (tertiary/aromatic N) is 1. The summed E-state index contributed by atoms with van der Waals surface area (Å²) in [5, 5.41) is 0. The maximum Gasteiger partial charge on any atom is 0.0404 e. The van der Waals surface area contributed by atoms with Crippen LogP contribution < -0.4 is 0 Å². The van der Waals surface area contributed by atoms with Crippen molar-refractivity contribution in [2.24, 2.45) is 0 Å². The van der Waals surface area contributed by atoms with Crippen molar-refractivity contribution in [3.05, 3.63) is 41.0 Å².